The molecule has 0 spiro atoms. The molecule has 0 saturated carbocycles. The smallest absolute Gasteiger partial charge is 0.318 e. The number of ether oxygens (including phenoxy) is 1. The van der Waals surface area contributed by atoms with Crippen molar-refractivity contribution in [3.63, 3.8) is 0 Å². The first-order chi connectivity index (χ1) is 8.99. The minimum atomic E-state index is -0.717. The Hall–Kier alpha value is -1.36. The van der Waals surface area contributed by atoms with E-state index in [1.807, 2.05) is 24.3 Å². The predicted molar refractivity (Wildman–Crippen MR) is 76.4 cm³/mol. The standard InChI is InChI=1S/C14H18BrNO3/c1-4-12(14(18)19-3)13(17)16(2)9-10-5-7-11(15)8-6-10/h5-8,12H,4,9H2,1-3H3. The van der Waals surface area contributed by atoms with Crippen LogP contribution in [-0.2, 0) is 20.9 Å². The van der Waals surface area contributed by atoms with E-state index in [0.29, 0.717) is 13.0 Å². The van der Waals surface area contributed by atoms with E-state index < -0.39 is 11.9 Å². The molecule has 5 heteroatoms. The van der Waals surface area contributed by atoms with Gasteiger partial charge in [0, 0.05) is 18.1 Å². The summed E-state index contributed by atoms with van der Waals surface area (Å²) in [6, 6.07) is 7.72. The highest BCUT2D eigenvalue weighted by Gasteiger charge is 2.28. The third-order valence-electron chi connectivity index (χ3n) is 2.90. The Bertz CT molecular complexity index is 445. The molecule has 0 aliphatic rings. The van der Waals surface area contributed by atoms with Gasteiger partial charge >= 0.3 is 5.97 Å². The van der Waals surface area contributed by atoms with Crippen molar-refractivity contribution in [2.24, 2.45) is 5.92 Å². The van der Waals surface area contributed by atoms with Crippen LogP contribution in [-0.4, -0.2) is 30.9 Å². The highest BCUT2D eigenvalue weighted by Crippen LogP contribution is 2.14. The molecule has 4 nitrogen and oxygen atoms in total. The topological polar surface area (TPSA) is 46.6 Å². The molecule has 1 aromatic rings. The number of hydrogen-bond donors (Lipinski definition) is 0. The van der Waals surface area contributed by atoms with Gasteiger partial charge in [-0.1, -0.05) is 35.0 Å². The number of rotatable bonds is 5. The van der Waals surface area contributed by atoms with Crippen molar-refractivity contribution in [1.82, 2.24) is 4.90 Å². The van der Waals surface area contributed by atoms with Crippen molar-refractivity contribution >= 4 is 27.8 Å². The fourth-order valence-corrected chi connectivity index (χ4v) is 2.06. The molecule has 0 aliphatic carbocycles. The lowest BCUT2D eigenvalue weighted by Gasteiger charge is -2.21. The number of carbonyl (C=O) groups excluding carboxylic acids is 2. The fraction of sp³-hybridized carbons (Fsp3) is 0.429. The monoisotopic (exact) mass is 327 g/mol. The second-order valence-corrected chi connectivity index (χ2v) is 5.22. The summed E-state index contributed by atoms with van der Waals surface area (Å²) in [5.74, 6) is -1.40. The molecule has 1 rings (SSSR count). The summed E-state index contributed by atoms with van der Waals surface area (Å²) < 4.78 is 5.64. The summed E-state index contributed by atoms with van der Waals surface area (Å²) >= 11 is 3.36. The molecule has 0 radical (unpaired) electrons. The molecule has 19 heavy (non-hydrogen) atoms. The van der Waals surface area contributed by atoms with E-state index in [0.717, 1.165) is 10.0 Å². The van der Waals surface area contributed by atoms with Crippen molar-refractivity contribution in [2.75, 3.05) is 14.2 Å². The molecule has 1 amide bonds. The Kier molecular flexibility index (Phi) is 6.02. The molecule has 0 heterocycles. The normalized spacial score (nSPS) is 11.8. The molecule has 0 saturated heterocycles. The third-order valence-corrected chi connectivity index (χ3v) is 3.43. The lowest BCUT2D eigenvalue weighted by Crippen LogP contribution is -2.36. The van der Waals surface area contributed by atoms with E-state index in [-0.39, 0.29) is 5.91 Å². The second kappa shape index (κ2) is 7.28. The highest BCUT2D eigenvalue weighted by molar-refractivity contribution is 9.10. The SMILES string of the molecule is CCC(C(=O)OC)C(=O)N(C)Cc1ccc(Br)cc1. The van der Waals surface area contributed by atoms with Gasteiger partial charge in [-0.15, -0.1) is 0 Å². The van der Waals surface area contributed by atoms with Crippen LogP contribution in [0.4, 0.5) is 0 Å². The molecule has 0 aromatic heterocycles. The summed E-state index contributed by atoms with van der Waals surface area (Å²) in [7, 11) is 2.99. The molecule has 0 bridgehead atoms. The van der Waals surface area contributed by atoms with Gasteiger partial charge in [0.1, 0.15) is 5.92 Å². The summed E-state index contributed by atoms with van der Waals surface area (Å²) in [6.07, 6.45) is 0.441. The number of benzene rings is 1. The summed E-state index contributed by atoms with van der Waals surface area (Å²) in [6.45, 7) is 2.27. The van der Waals surface area contributed by atoms with Gasteiger partial charge < -0.3 is 9.64 Å². The van der Waals surface area contributed by atoms with Crippen LogP contribution < -0.4 is 0 Å². The largest absolute Gasteiger partial charge is 0.468 e. The van der Waals surface area contributed by atoms with Crippen LogP contribution in [0.15, 0.2) is 28.7 Å². The summed E-state index contributed by atoms with van der Waals surface area (Å²) in [5.41, 5.74) is 1.01. The Morgan fingerprint density at radius 3 is 2.37 bits per heavy atom. The average molecular weight is 328 g/mol. The van der Waals surface area contributed by atoms with Crippen molar-refractivity contribution in [1.29, 1.82) is 0 Å². The first-order valence-electron chi connectivity index (χ1n) is 6.06. The van der Waals surface area contributed by atoms with E-state index >= 15 is 0 Å². The molecule has 1 unspecified atom stereocenters. The Labute approximate surface area is 121 Å². The molecule has 1 atom stereocenters. The fourth-order valence-electron chi connectivity index (χ4n) is 1.79. The van der Waals surface area contributed by atoms with Gasteiger partial charge in [-0.25, -0.2) is 0 Å². The van der Waals surface area contributed by atoms with E-state index in [4.69, 9.17) is 0 Å². The lowest BCUT2D eigenvalue weighted by molar-refractivity contribution is -0.153. The number of halogens is 1. The molecule has 104 valence electrons. The number of methoxy groups -OCH3 is 1. The summed E-state index contributed by atoms with van der Waals surface area (Å²) in [5, 5.41) is 0. The van der Waals surface area contributed by atoms with Gasteiger partial charge in [-0.05, 0) is 24.1 Å². The number of carbonyl (C=O) groups is 2. The first kappa shape index (κ1) is 15.7. The maximum Gasteiger partial charge on any atom is 0.318 e. The zero-order chi connectivity index (χ0) is 14.4. The van der Waals surface area contributed by atoms with Gasteiger partial charge in [0.15, 0.2) is 0 Å². The maximum atomic E-state index is 12.2. The number of esters is 1. The van der Waals surface area contributed by atoms with Gasteiger partial charge in [0.05, 0.1) is 7.11 Å². The van der Waals surface area contributed by atoms with Crippen LogP contribution >= 0.6 is 15.9 Å². The van der Waals surface area contributed by atoms with Crippen LogP contribution in [0.5, 0.6) is 0 Å². The summed E-state index contributed by atoms with van der Waals surface area (Å²) in [4.78, 5) is 25.2. The maximum absolute atomic E-state index is 12.2. The van der Waals surface area contributed by atoms with Gasteiger partial charge in [0.2, 0.25) is 5.91 Å². The van der Waals surface area contributed by atoms with Crippen LogP contribution in [0.1, 0.15) is 18.9 Å². The zero-order valence-electron chi connectivity index (χ0n) is 11.4. The zero-order valence-corrected chi connectivity index (χ0v) is 12.9. The number of hydrogen-bond acceptors (Lipinski definition) is 3. The van der Waals surface area contributed by atoms with Crippen LogP contribution in [0, 0.1) is 5.92 Å². The van der Waals surface area contributed by atoms with Gasteiger partial charge in [-0.2, -0.15) is 0 Å². The van der Waals surface area contributed by atoms with E-state index in [1.165, 1.54) is 7.11 Å². The minimum Gasteiger partial charge on any atom is -0.468 e. The predicted octanol–water partition coefficient (Wildman–Crippen LogP) is 2.61. The van der Waals surface area contributed by atoms with Gasteiger partial charge in [0.25, 0.3) is 0 Å². The molecular weight excluding hydrogens is 310 g/mol. The van der Waals surface area contributed by atoms with Crippen molar-refractivity contribution in [3.8, 4) is 0 Å². The molecule has 0 N–H and O–H groups in total. The Balaban J connectivity index is 2.71. The van der Waals surface area contributed by atoms with Crippen LogP contribution in [0.3, 0.4) is 0 Å². The lowest BCUT2D eigenvalue weighted by atomic mass is 10.1. The third kappa shape index (κ3) is 4.35. The minimum absolute atomic E-state index is 0.211. The van der Waals surface area contributed by atoms with Crippen LogP contribution in [0.2, 0.25) is 0 Å². The number of nitrogens with zero attached hydrogens (tertiary/aromatic N) is 1. The van der Waals surface area contributed by atoms with E-state index in [1.54, 1.807) is 18.9 Å². The first-order valence-corrected chi connectivity index (χ1v) is 6.86. The molecule has 0 fully saturated rings. The van der Waals surface area contributed by atoms with E-state index in [2.05, 4.69) is 20.7 Å². The molecule has 0 aliphatic heterocycles. The second-order valence-electron chi connectivity index (χ2n) is 4.30. The van der Waals surface area contributed by atoms with Crippen molar-refractivity contribution in [3.05, 3.63) is 34.3 Å². The highest BCUT2D eigenvalue weighted by atomic mass is 79.9. The average Bonchev–Trinajstić information content (AvgIpc) is 2.41. The van der Waals surface area contributed by atoms with Crippen LogP contribution in [0.25, 0.3) is 0 Å². The molecule has 1 aromatic carbocycles. The van der Waals surface area contributed by atoms with E-state index in [9.17, 15) is 9.59 Å². The number of amides is 1. The quantitative estimate of drug-likeness (QED) is 0.617. The van der Waals surface area contributed by atoms with Crippen molar-refractivity contribution in [2.45, 2.75) is 19.9 Å². The van der Waals surface area contributed by atoms with Gasteiger partial charge in [-0.3, -0.25) is 9.59 Å². The Morgan fingerprint density at radius 2 is 1.89 bits per heavy atom. The molecular formula is C14H18BrNO3. The van der Waals surface area contributed by atoms with Crippen molar-refractivity contribution < 1.29 is 14.3 Å². The Morgan fingerprint density at radius 1 is 1.32 bits per heavy atom.